The van der Waals surface area contributed by atoms with Crippen molar-refractivity contribution < 1.29 is 49.8 Å². The zero-order chi connectivity index (χ0) is 22.2. The normalized spacial score (nSPS) is 16.3. The number of benzene rings is 2. The SMILES string of the molecule is [CH2-][C@H](C(C)C)C1C=C(C(C)=O)C(=O)c2cc(Cc3cccc(Cl)c3F)c(OC)cc21.[U]. The quantitative estimate of drug-likeness (QED) is 0.282. The number of ether oxygens (including phenoxy) is 1. The van der Waals surface area contributed by atoms with Crippen LogP contribution in [-0.4, -0.2) is 18.7 Å². The Morgan fingerprint density at radius 3 is 2.52 bits per heavy atom. The monoisotopic (exact) mass is 665 g/mol. The van der Waals surface area contributed by atoms with Crippen LogP contribution in [0.3, 0.4) is 0 Å². The molecule has 2 aromatic carbocycles. The van der Waals surface area contributed by atoms with Gasteiger partial charge in [0, 0.05) is 43.1 Å². The van der Waals surface area contributed by atoms with E-state index >= 15 is 0 Å². The van der Waals surface area contributed by atoms with Crippen LogP contribution >= 0.6 is 11.6 Å². The molecule has 0 spiro atoms. The van der Waals surface area contributed by atoms with E-state index in [4.69, 9.17) is 16.3 Å². The first kappa shape index (κ1) is 25.8. The van der Waals surface area contributed by atoms with Gasteiger partial charge in [-0.3, -0.25) is 9.59 Å². The van der Waals surface area contributed by atoms with Crippen molar-refractivity contribution in [1.29, 1.82) is 0 Å². The van der Waals surface area contributed by atoms with E-state index in [1.54, 1.807) is 31.4 Å². The average Bonchev–Trinajstić information content (AvgIpc) is 2.70. The fourth-order valence-corrected chi connectivity index (χ4v) is 4.06. The number of hydrogen-bond donors (Lipinski definition) is 0. The molecule has 2 aromatic rings. The van der Waals surface area contributed by atoms with Crippen molar-refractivity contribution in [2.75, 3.05) is 7.11 Å². The van der Waals surface area contributed by atoms with Gasteiger partial charge in [0.05, 0.1) is 17.7 Å². The topological polar surface area (TPSA) is 43.4 Å². The summed E-state index contributed by atoms with van der Waals surface area (Å²) >= 11 is 5.92. The molecule has 0 aliphatic heterocycles. The fourth-order valence-electron chi connectivity index (χ4n) is 3.87. The summed E-state index contributed by atoms with van der Waals surface area (Å²) in [6.45, 7) is 9.78. The smallest absolute Gasteiger partial charge is 0.196 e. The molecule has 0 amide bonds. The van der Waals surface area contributed by atoms with Crippen LogP contribution in [0.2, 0.25) is 5.02 Å². The van der Waals surface area contributed by atoms with Crippen molar-refractivity contribution in [3.63, 3.8) is 0 Å². The fraction of sp³-hybridized carbons (Fsp3) is 0.320. The van der Waals surface area contributed by atoms with Gasteiger partial charge >= 0.3 is 0 Å². The van der Waals surface area contributed by atoms with Crippen molar-refractivity contribution >= 4 is 23.2 Å². The molecule has 0 radical (unpaired) electrons. The second-order valence-corrected chi connectivity index (χ2v) is 8.45. The summed E-state index contributed by atoms with van der Waals surface area (Å²) in [4.78, 5) is 25.2. The largest absolute Gasteiger partial charge is 0.496 e. The molecule has 0 aromatic heterocycles. The van der Waals surface area contributed by atoms with Crippen LogP contribution < -0.4 is 4.74 Å². The van der Waals surface area contributed by atoms with Crippen molar-refractivity contribution in [3.8, 4) is 5.75 Å². The Morgan fingerprint density at radius 1 is 1.26 bits per heavy atom. The molecule has 0 saturated carbocycles. The Morgan fingerprint density at radius 2 is 1.94 bits per heavy atom. The van der Waals surface area contributed by atoms with Crippen molar-refractivity contribution in [2.45, 2.75) is 33.1 Å². The predicted octanol–water partition coefficient (Wildman–Crippen LogP) is 5.98. The summed E-state index contributed by atoms with van der Waals surface area (Å²) in [5.74, 6) is -0.516. The number of carbonyl (C=O) groups is 2. The molecule has 3 rings (SSSR count). The molecule has 6 heteroatoms. The molecule has 1 aliphatic rings. The van der Waals surface area contributed by atoms with Crippen molar-refractivity contribution in [3.05, 3.63) is 82.0 Å². The molecule has 0 heterocycles. The van der Waals surface area contributed by atoms with E-state index in [2.05, 4.69) is 20.8 Å². The Hall–Kier alpha value is -1.41. The molecule has 3 nitrogen and oxygen atoms in total. The number of carbonyl (C=O) groups excluding carboxylic acids is 2. The third-order valence-corrected chi connectivity index (χ3v) is 6.05. The van der Waals surface area contributed by atoms with E-state index in [9.17, 15) is 14.0 Å². The Labute approximate surface area is 211 Å². The number of halogens is 2. The Bertz CT molecular complexity index is 1050. The number of ketones is 2. The van der Waals surface area contributed by atoms with E-state index < -0.39 is 5.82 Å². The summed E-state index contributed by atoms with van der Waals surface area (Å²) in [6, 6.07) is 8.36. The molecule has 1 aliphatic carbocycles. The van der Waals surface area contributed by atoms with Gasteiger partial charge in [-0.15, -0.1) is 0 Å². The third-order valence-electron chi connectivity index (χ3n) is 5.76. The zero-order valence-corrected chi connectivity index (χ0v) is 23.0. The third kappa shape index (κ3) is 5.16. The number of fused-ring (bicyclic) bond motifs is 1. The average molecular weight is 666 g/mol. The van der Waals surface area contributed by atoms with Crippen LogP contribution in [0.4, 0.5) is 4.39 Å². The first-order valence-electron chi connectivity index (χ1n) is 9.89. The minimum absolute atomic E-state index is 0. The summed E-state index contributed by atoms with van der Waals surface area (Å²) < 4.78 is 20.0. The molecule has 0 bridgehead atoms. The van der Waals surface area contributed by atoms with Gasteiger partial charge in [0.15, 0.2) is 11.6 Å². The second-order valence-electron chi connectivity index (χ2n) is 8.04. The van der Waals surface area contributed by atoms with E-state index in [0.29, 0.717) is 22.4 Å². The van der Waals surface area contributed by atoms with Crippen molar-refractivity contribution in [1.82, 2.24) is 0 Å². The van der Waals surface area contributed by atoms with Gasteiger partial charge in [-0.25, -0.2) is 4.39 Å². The molecule has 31 heavy (non-hydrogen) atoms. The van der Waals surface area contributed by atoms with Crippen LogP contribution in [0.15, 0.2) is 42.0 Å². The van der Waals surface area contributed by atoms with Gasteiger partial charge in [-0.2, -0.15) is 5.92 Å². The van der Waals surface area contributed by atoms with Crippen LogP contribution in [0.25, 0.3) is 0 Å². The van der Waals surface area contributed by atoms with Gasteiger partial charge in [0.25, 0.3) is 0 Å². The summed E-state index contributed by atoms with van der Waals surface area (Å²) in [5, 5.41) is 0.0409. The Balaban J connectivity index is 0.00000341. The van der Waals surface area contributed by atoms with Gasteiger partial charge in [0.1, 0.15) is 11.6 Å². The van der Waals surface area contributed by atoms with E-state index in [0.717, 1.165) is 5.56 Å². The maximum Gasteiger partial charge on any atom is 0.196 e. The molecule has 2 atom stereocenters. The molecular formula is C25H25ClFO3U-. The number of methoxy groups -OCH3 is 1. The van der Waals surface area contributed by atoms with Crippen molar-refractivity contribution in [2.24, 2.45) is 11.8 Å². The van der Waals surface area contributed by atoms with Crippen LogP contribution in [0, 0.1) is 55.7 Å². The summed E-state index contributed by atoms with van der Waals surface area (Å²) in [6.07, 6.45) is 1.94. The molecule has 162 valence electrons. The minimum atomic E-state index is -0.495. The zero-order valence-electron chi connectivity index (χ0n) is 18.1. The molecule has 1 unspecified atom stereocenters. The first-order chi connectivity index (χ1) is 14.1. The van der Waals surface area contributed by atoms with Crippen LogP contribution in [0.5, 0.6) is 5.75 Å². The van der Waals surface area contributed by atoms with Gasteiger partial charge < -0.3 is 11.7 Å². The second kappa shape index (κ2) is 10.5. The first-order valence-corrected chi connectivity index (χ1v) is 10.3. The summed E-state index contributed by atoms with van der Waals surface area (Å²) in [7, 11) is 1.54. The minimum Gasteiger partial charge on any atom is -0.496 e. The number of allylic oxidation sites excluding steroid dienone is 2. The molecule has 0 N–H and O–H groups in total. The predicted molar refractivity (Wildman–Crippen MR) is 117 cm³/mol. The number of hydrogen-bond acceptors (Lipinski definition) is 3. The maximum absolute atomic E-state index is 14.5. The van der Waals surface area contributed by atoms with E-state index in [-0.39, 0.29) is 77.4 Å². The Kier molecular flexibility index (Phi) is 8.73. The van der Waals surface area contributed by atoms with Crippen LogP contribution in [-0.2, 0) is 11.2 Å². The van der Waals surface area contributed by atoms with Gasteiger partial charge in [-0.05, 0) is 47.7 Å². The van der Waals surface area contributed by atoms with Gasteiger partial charge in [0.2, 0.25) is 0 Å². The molecule has 0 fully saturated rings. The van der Waals surface area contributed by atoms with Crippen LogP contribution in [0.1, 0.15) is 53.7 Å². The van der Waals surface area contributed by atoms with E-state index in [1.165, 1.54) is 13.0 Å². The summed E-state index contributed by atoms with van der Waals surface area (Å²) in [5.41, 5.74) is 2.46. The van der Waals surface area contributed by atoms with Gasteiger partial charge in [-0.1, -0.05) is 49.6 Å². The maximum atomic E-state index is 14.5. The molecular weight excluding hydrogens is 641 g/mol. The molecule has 0 saturated heterocycles. The number of Topliss-reactive ketones (excluding diaryl/α,β-unsaturated/α-hetero) is 2. The standard InChI is InChI=1S/C25H25ClFO3.U/c1-13(2)14(3)18-11-19(15(4)28)25(29)21-10-17(23(30-5)12-20(18)21)9-16-7-6-8-22(26)24(16)27;/h6-8,10-14,18H,3,9H2,1-2,4-5H3;/q-1;/t14-,18?;/m1./s1. The number of rotatable bonds is 6. The van der Waals surface area contributed by atoms with E-state index in [1.807, 2.05) is 6.07 Å².